The van der Waals surface area contributed by atoms with Gasteiger partial charge in [0.15, 0.2) is 12.2 Å². The molecule has 1 aromatic rings. The minimum atomic E-state index is -3.91. The van der Waals surface area contributed by atoms with Crippen molar-refractivity contribution in [1.82, 2.24) is 0 Å². The number of unbranched alkanes of at least 4 members (excludes halogenated alkanes) is 6. The zero-order chi connectivity index (χ0) is 41.5. The Morgan fingerprint density at radius 1 is 0.911 bits per heavy atom. The lowest BCUT2D eigenvalue weighted by Gasteiger charge is -2.48. The van der Waals surface area contributed by atoms with Crippen molar-refractivity contribution >= 4 is 30.0 Å². The third kappa shape index (κ3) is 10.8. The summed E-state index contributed by atoms with van der Waals surface area (Å²) in [6.07, 6.45) is -3.57. The van der Waals surface area contributed by atoms with E-state index in [2.05, 4.69) is 13.5 Å². The molecule has 2 bridgehead atoms. The number of carboxylic acids is 3. The molecule has 0 aliphatic carbocycles. The van der Waals surface area contributed by atoms with Crippen LogP contribution in [0.25, 0.3) is 0 Å². The van der Waals surface area contributed by atoms with E-state index in [9.17, 15) is 44.4 Å². The van der Waals surface area contributed by atoms with E-state index in [-0.39, 0.29) is 37.7 Å². The first-order valence-corrected chi connectivity index (χ1v) is 18.8. The molecule has 2 aliphatic heterocycles. The third-order valence-corrected chi connectivity index (χ3v) is 9.93. The highest BCUT2D eigenvalue weighted by Gasteiger charge is 2.86. The second-order valence-electron chi connectivity index (χ2n) is 14.1. The Morgan fingerprint density at radius 2 is 1.57 bits per heavy atom. The molecule has 17 heteroatoms. The first kappa shape index (κ1) is 46.3. The number of fused-ring (bicyclic) bond motifs is 2. The molecule has 2 heterocycles. The lowest BCUT2D eigenvalue weighted by atomic mass is 9.74. The quantitative estimate of drug-likeness (QED) is 0.0443. The Morgan fingerprint density at radius 3 is 2.16 bits per heavy atom. The van der Waals surface area contributed by atoms with E-state index < -0.39 is 84.7 Å². The maximum atomic E-state index is 13.3. The Labute approximate surface area is 326 Å². The summed E-state index contributed by atoms with van der Waals surface area (Å²) in [5.74, 6) is -10.2. The van der Waals surface area contributed by atoms with Gasteiger partial charge in [-0.3, -0.25) is 4.79 Å². The molecular formula is C39H56O17. The van der Waals surface area contributed by atoms with Gasteiger partial charge in [-0.2, -0.15) is 0 Å². The van der Waals surface area contributed by atoms with Crippen molar-refractivity contribution in [3.05, 3.63) is 48.0 Å². The highest BCUT2D eigenvalue weighted by molar-refractivity contribution is 5.98. The maximum Gasteiger partial charge on any atom is 0.508 e. The molecule has 0 amide bonds. The van der Waals surface area contributed by atoms with E-state index in [1.165, 1.54) is 14.0 Å². The molecule has 8 atom stereocenters. The molecule has 3 rings (SSSR count). The van der Waals surface area contributed by atoms with Gasteiger partial charge >= 0.3 is 30.0 Å². The number of hydrogen-bond acceptors (Lipinski definition) is 14. The number of ether oxygens (including phenoxy) is 8. The van der Waals surface area contributed by atoms with Gasteiger partial charge in [0, 0.05) is 26.4 Å². The van der Waals surface area contributed by atoms with Crippen molar-refractivity contribution < 1.29 is 82.3 Å². The standard InChI is InChI=1S/C39H56O17/c1-6-7-8-9-10-11-15-20-51-36(47)54-31-30(52-24-50-22-21-49-5)37(55-32(33(41)42)38(48,34(43)44)39(31,56-37)35(45)46)19-18-25(2)29(53-27(4)40)26(3)23-28-16-13-12-14-17-28/h12-14,16-17,26,29-32,48H,2,6-11,15,18-24H2,1,3-5H3,(H,41,42)(H,43,44)(H,45,46). The van der Waals surface area contributed by atoms with Crippen LogP contribution in [0.4, 0.5) is 4.79 Å². The first-order valence-electron chi connectivity index (χ1n) is 18.8. The molecule has 0 aromatic heterocycles. The second-order valence-corrected chi connectivity index (χ2v) is 14.1. The topological polar surface area (TPSA) is 240 Å². The van der Waals surface area contributed by atoms with Gasteiger partial charge in [-0.25, -0.2) is 19.2 Å². The average Bonchev–Trinajstić information content (AvgIpc) is 3.38. The fourth-order valence-electron chi connectivity index (χ4n) is 7.16. The Balaban J connectivity index is 2.03. The first-order chi connectivity index (χ1) is 26.6. The molecule has 2 saturated heterocycles. The van der Waals surface area contributed by atoms with Gasteiger partial charge in [0.2, 0.25) is 17.5 Å². The lowest BCUT2D eigenvalue weighted by Crippen LogP contribution is -2.78. The molecule has 56 heavy (non-hydrogen) atoms. The van der Waals surface area contributed by atoms with Crippen LogP contribution in [0.2, 0.25) is 0 Å². The summed E-state index contributed by atoms with van der Waals surface area (Å²) < 4.78 is 44.4. The van der Waals surface area contributed by atoms with Gasteiger partial charge < -0.3 is 58.3 Å². The fourth-order valence-corrected chi connectivity index (χ4v) is 7.16. The summed E-state index contributed by atoms with van der Waals surface area (Å²) >= 11 is 0. The van der Waals surface area contributed by atoms with Gasteiger partial charge in [-0.05, 0) is 30.4 Å². The number of carbonyl (C=O) groups is 5. The largest absolute Gasteiger partial charge is 0.508 e. The van der Waals surface area contributed by atoms with Crippen LogP contribution in [0, 0.1) is 5.92 Å². The molecule has 2 aliphatic rings. The molecule has 8 unspecified atom stereocenters. The smallest absolute Gasteiger partial charge is 0.479 e. The second kappa shape index (κ2) is 21.4. The summed E-state index contributed by atoms with van der Waals surface area (Å²) in [6, 6.07) is 9.34. The van der Waals surface area contributed by atoms with Crippen molar-refractivity contribution in [3.63, 3.8) is 0 Å². The number of carbonyl (C=O) groups excluding carboxylic acids is 2. The average molecular weight is 797 g/mol. The van der Waals surface area contributed by atoms with Gasteiger partial charge in [0.25, 0.3) is 5.60 Å². The Hall–Kier alpha value is -4.13. The van der Waals surface area contributed by atoms with E-state index >= 15 is 0 Å². The number of carboxylic acid groups (broad SMARTS) is 3. The number of esters is 1. The van der Waals surface area contributed by atoms with Gasteiger partial charge in [0.05, 0.1) is 19.8 Å². The number of aliphatic carboxylic acids is 3. The summed E-state index contributed by atoms with van der Waals surface area (Å²) in [4.78, 5) is 64.4. The van der Waals surface area contributed by atoms with Crippen LogP contribution in [0.15, 0.2) is 42.5 Å². The maximum absolute atomic E-state index is 13.3. The Bertz CT molecular complexity index is 1480. The molecule has 314 valence electrons. The zero-order valence-electron chi connectivity index (χ0n) is 32.5. The number of rotatable bonds is 26. The number of methoxy groups -OCH3 is 1. The predicted octanol–water partition coefficient (Wildman–Crippen LogP) is 4.26. The van der Waals surface area contributed by atoms with E-state index in [1.54, 1.807) is 0 Å². The van der Waals surface area contributed by atoms with Gasteiger partial charge in [0.1, 0.15) is 12.9 Å². The zero-order valence-corrected chi connectivity index (χ0v) is 32.5. The van der Waals surface area contributed by atoms with E-state index in [4.69, 9.17) is 37.9 Å². The molecule has 0 radical (unpaired) electrons. The van der Waals surface area contributed by atoms with E-state index in [1.807, 2.05) is 37.3 Å². The van der Waals surface area contributed by atoms with Crippen LogP contribution in [0.5, 0.6) is 0 Å². The summed E-state index contributed by atoms with van der Waals surface area (Å²) in [5.41, 5.74) is -6.26. The van der Waals surface area contributed by atoms with E-state index in [0.717, 1.165) is 37.7 Å². The van der Waals surface area contributed by atoms with Crippen LogP contribution in [0.1, 0.15) is 84.1 Å². The lowest BCUT2D eigenvalue weighted by molar-refractivity contribution is -0.377. The summed E-state index contributed by atoms with van der Waals surface area (Å²) in [5, 5.41) is 43.1. The van der Waals surface area contributed by atoms with Crippen molar-refractivity contribution in [2.24, 2.45) is 5.92 Å². The highest BCUT2D eigenvalue weighted by atomic mass is 16.8. The monoisotopic (exact) mass is 796 g/mol. The van der Waals surface area contributed by atoms with Gasteiger partial charge in [-0.1, -0.05) is 89.3 Å². The number of aliphatic hydroxyl groups is 1. The van der Waals surface area contributed by atoms with Crippen molar-refractivity contribution in [3.8, 4) is 0 Å². The van der Waals surface area contributed by atoms with E-state index in [0.29, 0.717) is 19.3 Å². The Kier molecular flexibility index (Phi) is 17.7. The number of benzene rings is 1. The third-order valence-electron chi connectivity index (χ3n) is 9.93. The minimum absolute atomic E-state index is 0.0367. The van der Waals surface area contributed by atoms with Crippen molar-refractivity contribution in [1.29, 1.82) is 0 Å². The van der Waals surface area contributed by atoms with Crippen molar-refractivity contribution in [2.45, 2.75) is 126 Å². The molecule has 0 saturated carbocycles. The molecule has 2 fully saturated rings. The SMILES string of the molecule is C=C(CCC12OC(C(=O)O)C(O)(C(=O)O)C(C(=O)O)(O1)C(OC(=O)OCCCCCCCCC)C2OCOCCOC)C(OC(C)=O)C(C)Cc1ccccc1. The summed E-state index contributed by atoms with van der Waals surface area (Å²) in [6.45, 7) is 8.50. The van der Waals surface area contributed by atoms with Crippen LogP contribution in [-0.2, 0) is 63.5 Å². The highest BCUT2D eigenvalue weighted by Crippen LogP contribution is 2.57. The molecular weight excluding hydrogens is 740 g/mol. The molecule has 17 nitrogen and oxygen atoms in total. The minimum Gasteiger partial charge on any atom is -0.479 e. The van der Waals surface area contributed by atoms with Crippen LogP contribution in [-0.4, -0.2) is 126 Å². The predicted molar refractivity (Wildman–Crippen MR) is 194 cm³/mol. The fraction of sp³-hybridized carbons (Fsp3) is 0.667. The van der Waals surface area contributed by atoms with Crippen LogP contribution >= 0.6 is 0 Å². The molecule has 4 N–H and O–H groups in total. The van der Waals surface area contributed by atoms with Crippen molar-refractivity contribution in [2.75, 3.05) is 33.7 Å². The van der Waals surface area contributed by atoms with Crippen LogP contribution in [0.3, 0.4) is 0 Å². The molecule has 0 spiro atoms. The van der Waals surface area contributed by atoms with Crippen LogP contribution < -0.4 is 0 Å². The number of hydrogen-bond donors (Lipinski definition) is 4. The van der Waals surface area contributed by atoms with Gasteiger partial charge in [-0.15, -0.1) is 0 Å². The summed E-state index contributed by atoms with van der Waals surface area (Å²) in [7, 11) is 1.41. The normalized spacial score (nSPS) is 26.5. The molecule has 1 aromatic carbocycles.